The maximum atomic E-state index is 12.7. The number of para-hydroxylation sites is 1. The molecule has 0 aliphatic carbocycles. The topological polar surface area (TPSA) is 78.4 Å². The van der Waals surface area contributed by atoms with Crippen LogP contribution in [0.5, 0.6) is 5.75 Å². The van der Waals surface area contributed by atoms with Gasteiger partial charge in [0.05, 0.1) is 5.56 Å². The van der Waals surface area contributed by atoms with Crippen molar-refractivity contribution in [1.82, 2.24) is 10.9 Å². The summed E-state index contributed by atoms with van der Waals surface area (Å²) in [4.78, 5) is 23.4. The van der Waals surface area contributed by atoms with Gasteiger partial charge >= 0.3 is 0 Å². The Balaban J connectivity index is 1.99. The summed E-state index contributed by atoms with van der Waals surface area (Å²) in [6.45, 7) is 0. The van der Waals surface area contributed by atoms with E-state index in [1.54, 1.807) is 12.1 Å². The minimum Gasteiger partial charge on any atom is -0.507 e. The largest absolute Gasteiger partial charge is 0.507 e. The van der Waals surface area contributed by atoms with Crippen LogP contribution in [-0.4, -0.2) is 16.9 Å². The first kappa shape index (κ1) is 13.5. The molecule has 0 unspecified atom stereocenters. The third kappa shape index (κ3) is 3.11. The van der Waals surface area contributed by atoms with E-state index in [2.05, 4.69) is 10.9 Å². The van der Waals surface area contributed by atoms with E-state index in [-0.39, 0.29) is 16.9 Å². The minimum absolute atomic E-state index is 0.0342. The van der Waals surface area contributed by atoms with Crippen molar-refractivity contribution in [2.75, 3.05) is 0 Å². The molecule has 2 aromatic carbocycles. The molecular formula is C14H11FN2O3. The number of hydrazine groups is 1. The molecule has 0 saturated carbocycles. The zero-order valence-electron chi connectivity index (χ0n) is 10.3. The van der Waals surface area contributed by atoms with Gasteiger partial charge in [0, 0.05) is 5.56 Å². The van der Waals surface area contributed by atoms with Crippen molar-refractivity contribution in [2.24, 2.45) is 0 Å². The number of rotatable bonds is 2. The molecule has 0 atom stereocenters. The fraction of sp³-hybridized carbons (Fsp3) is 0. The lowest BCUT2D eigenvalue weighted by molar-refractivity contribution is 0.0845. The zero-order chi connectivity index (χ0) is 14.5. The monoisotopic (exact) mass is 274 g/mol. The Hall–Kier alpha value is -2.89. The van der Waals surface area contributed by atoms with Crippen LogP contribution in [0.1, 0.15) is 20.7 Å². The highest BCUT2D eigenvalue weighted by Gasteiger charge is 2.11. The highest BCUT2D eigenvalue weighted by atomic mass is 19.1. The Morgan fingerprint density at radius 3 is 2.15 bits per heavy atom. The van der Waals surface area contributed by atoms with Crippen LogP contribution >= 0.6 is 0 Å². The molecule has 2 rings (SSSR count). The number of phenolic OH excluding ortho intramolecular Hbond substituents is 1. The average Bonchev–Trinajstić information content (AvgIpc) is 2.45. The summed E-state index contributed by atoms with van der Waals surface area (Å²) in [7, 11) is 0. The normalized spacial score (nSPS) is 9.85. The van der Waals surface area contributed by atoms with E-state index in [1.165, 1.54) is 24.3 Å². The van der Waals surface area contributed by atoms with Gasteiger partial charge in [0.15, 0.2) is 0 Å². The molecule has 0 aliphatic heterocycles. The second-order valence-corrected chi connectivity index (χ2v) is 3.93. The number of halogens is 1. The van der Waals surface area contributed by atoms with Crippen LogP contribution in [0.25, 0.3) is 0 Å². The van der Waals surface area contributed by atoms with E-state index in [0.29, 0.717) is 0 Å². The SMILES string of the molecule is O=C(NNC(=O)c1ccccc1O)c1ccc(F)cc1. The number of carbonyl (C=O) groups is 2. The van der Waals surface area contributed by atoms with Gasteiger partial charge in [-0.3, -0.25) is 20.4 Å². The molecule has 5 nitrogen and oxygen atoms in total. The quantitative estimate of drug-likeness (QED) is 0.728. The first-order valence-electron chi connectivity index (χ1n) is 5.72. The Morgan fingerprint density at radius 1 is 0.900 bits per heavy atom. The molecule has 0 heterocycles. The molecule has 0 aromatic heterocycles. The number of carbonyl (C=O) groups excluding carboxylic acids is 2. The molecule has 0 saturated heterocycles. The van der Waals surface area contributed by atoms with Gasteiger partial charge in [-0.25, -0.2) is 4.39 Å². The summed E-state index contributed by atoms with van der Waals surface area (Å²) in [6.07, 6.45) is 0. The Morgan fingerprint density at radius 2 is 1.50 bits per heavy atom. The number of benzene rings is 2. The van der Waals surface area contributed by atoms with Crippen LogP contribution in [0.3, 0.4) is 0 Å². The van der Waals surface area contributed by atoms with E-state index in [9.17, 15) is 19.1 Å². The highest BCUT2D eigenvalue weighted by Crippen LogP contribution is 2.14. The molecule has 0 bridgehead atoms. The standard InChI is InChI=1S/C14H11FN2O3/c15-10-7-5-9(6-8-10)13(19)16-17-14(20)11-3-1-2-4-12(11)18/h1-8,18H,(H,16,19)(H,17,20). The van der Waals surface area contributed by atoms with Crippen molar-refractivity contribution in [3.05, 3.63) is 65.5 Å². The first-order valence-corrected chi connectivity index (χ1v) is 5.72. The van der Waals surface area contributed by atoms with E-state index in [4.69, 9.17) is 0 Å². The van der Waals surface area contributed by atoms with Crippen molar-refractivity contribution >= 4 is 11.8 Å². The van der Waals surface area contributed by atoms with Crippen molar-refractivity contribution < 1.29 is 19.1 Å². The number of amides is 2. The van der Waals surface area contributed by atoms with Gasteiger partial charge in [0.1, 0.15) is 11.6 Å². The van der Waals surface area contributed by atoms with Gasteiger partial charge in [0.2, 0.25) is 0 Å². The third-order valence-electron chi connectivity index (χ3n) is 2.54. The molecule has 6 heteroatoms. The van der Waals surface area contributed by atoms with Crippen LogP contribution in [-0.2, 0) is 0 Å². The molecule has 102 valence electrons. The van der Waals surface area contributed by atoms with E-state index in [0.717, 1.165) is 12.1 Å². The Kier molecular flexibility index (Phi) is 3.95. The molecule has 20 heavy (non-hydrogen) atoms. The number of aromatic hydroxyl groups is 1. The maximum Gasteiger partial charge on any atom is 0.273 e. The van der Waals surface area contributed by atoms with Gasteiger partial charge in [-0.15, -0.1) is 0 Å². The van der Waals surface area contributed by atoms with Crippen LogP contribution < -0.4 is 10.9 Å². The fourth-order valence-corrected chi connectivity index (χ4v) is 1.52. The molecular weight excluding hydrogens is 263 g/mol. The summed E-state index contributed by atoms with van der Waals surface area (Å²) in [6, 6.07) is 10.8. The predicted molar refractivity (Wildman–Crippen MR) is 69.4 cm³/mol. The summed E-state index contributed by atoms with van der Waals surface area (Å²) < 4.78 is 12.7. The molecule has 0 aliphatic rings. The number of phenols is 1. The van der Waals surface area contributed by atoms with E-state index >= 15 is 0 Å². The molecule has 0 spiro atoms. The smallest absolute Gasteiger partial charge is 0.273 e. The fourth-order valence-electron chi connectivity index (χ4n) is 1.52. The lowest BCUT2D eigenvalue weighted by atomic mass is 10.2. The van der Waals surface area contributed by atoms with Crippen LogP contribution in [0, 0.1) is 5.82 Å². The highest BCUT2D eigenvalue weighted by molar-refractivity contribution is 6.00. The van der Waals surface area contributed by atoms with Gasteiger partial charge in [-0.1, -0.05) is 12.1 Å². The lowest BCUT2D eigenvalue weighted by Gasteiger charge is -2.08. The first-order chi connectivity index (χ1) is 9.58. The third-order valence-corrected chi connectivity index (χ3v) is 2.54. The van der Waals surface area contributed by atoms with Gasteiger partial charge in [0.25, 0.3) is 11.8 Å². The van der Waals surface area contributed by atoms with Gasteiger partial charge < -0.3 is 5.11 Å². The summed E-state index contributed by atoms with van der Waals surface area (Å²) in [5.74, 6) is -1.90. The number of hydrogen-bond acceptors (Lipinski definition) is 3. The second kappa shape index (κ2) is 5.83. The van der Waals surface area contributed by atoms with Crippen LogP contribution in [0.2, 0.25) is 0 Å². The summed E-state index contributed by atoms with van der Waals surface area (Å²) in [5, 5.41) is 9.48. The second-order valence-electron chi connectivity index (χ2n) is 3.93. The molecule has 0 radical (unpaired) electrons. The van der Waals surface area contributed by atoms with E-state index in [1.807, 2.05) is 0 Å². The molecule has 0 fully saturated rings. The van der Waals surface area contributed by atoms with Crippen LogP contribution in [0.15, 0.2) is 48.5 Å². The number of hydrogen-bond donors (Lipinski definition) is 3. The Bertz CT molecular complexity index is 641. The summed E-state index contributed by atoms with van der Waals surface area (Å²) >= 11 is 0. The van der Waals surface area contributed by atoms with E-state index < -0.39 is 17.6 Å². The van der Waals surface area contributed by atoms with Gasteiger partial charge in [-0.2, -0.15) is 0 Å². The zero-order valence-corrected chi connectivity index (χ0v) is 10.3. The van der Waals surface area contributed by atoms with Crippen molar-refractivity contribution in [3.8, 4) is 5.75 Å². The van der Waals surface area contributed by atoms with Crippen LogP contribution in [0.4, 0.5) is 4.39 Å². The van der Waals surface area contributed by atoms with Crippen molar-refractivity contribution in [2.45, 2.75) is 0 Å². The van der Waals surface area contributed by atoms with Gasteiger partial charge in [-0.05, 0) is 36.4 Å². The molecule has 3 N–H and O–H groups in total. The Labute approximate surface area is 114 Å². The maximum absolute atomic E-state index is 12.7. The summed E-state index contributed by atoms with van der Waals surface area (Å²) in [5.41, 5.74) is 4.56. The van der Waals surface area contributed by atoms with Crippen molar-refractivity contribution in [1.29, 1.82) is 0 Å². The minimum atomic E-state index is -0.654. The molecule has 2 aromatic rings. The lowest BCUT2D eigenvalue weighted by Crippen LogP contribution is -2.41. The predicted octanol–water partition coefficient (Wildman–Crippen LogP) is 1.61. The molecule has 2 amide bonds. The average molecular weight is 274 g/mol. The van der Waals surface area contributed by atoms with Crippen molar-refractivity contribution in [3.63, 3.8) is 0 Å². The number of nitrogens with one attached hydrogen (secondary N) is 2.